The first-order chi connectivity index (χ1) is 9.10. The maximum Gasteiger partial charge on any atom is 0.321 e. The highest BCUT2D eigenvalue weighted by molar-refractivity contribution is 5.89. The minimum atomic E-state index is -0.435. The first kappa shape index (κ1) is 13.8. The fourth-order valence-electron chi connectivity index (χ4n) is 2.21. The number of aliphatic hydroxyl groups is 1. The van der Waals surface area contributed by atoms with E-state index in [0.29, 0.717) is 19.6 Å². The molecule has 1 aliphatic rings. The number of likely N-dealkylation sites (tertiary alicyclic amines) is 1. The summed E-state index contributed by atoms with van der Waals surface area (Å²) < 4.78 is 0. The van der Waals surface area contributed by atoms with Crippen molar-refractivity contribution in [3.05, 3.63) is 29.8 Å². The second-order valence-corrected chi connectivity index (χ2v) is 5.11. The number of benzene rings is 1. The molecule has 0 bridgehead atoms. The Hall–Kier alpha value is -1.59. The van der Waals surface area contributed by atoms with Crippen LogP contribution in [0.2, 0.25) is 0 Å². The average molecular weight is 263 g/mol. The molecule has 1 aromatic rings. The summed E-state index contributed by atoms with van der Waals surface area (Å²) in [6.07, 6.45) is 0.395. The van der Waals surface area contributed by atoms with Crippen LogP contribution in [0.1, 0.15) is 18.9 Å². The van der Waals surface area contributed by atoms with Crippen LogP contribution in [-0.2, 0) is 6.54 Å². The van der Waals surface area contributed by atoms with Crippen molar-refractivity contribution in [2.24, 2.45) is 11.7 Å². The maximum atomic E-state index is 12.1. The van der Waals surface area contributed by atoms with Gasteiger partial charge in [0, 0.05) is 25.3 Å². The fraction of sp³-hybridized carbons (Fsp3) is 0.500. The number of β-amino-alcohol motifs (C(OH)–C–C–N with tert-alkyl or cyclic N) is 1. The minimum Gasteiger partial charge on any atom is -0.391 e. The monoisotopic (exact) mass is 263 g/mol. The van der Waals surface area contributed by atoms with Gasteiger partial charge in [0.25, 0.3) is 0 Å². The van der Waals surface area contributed by atoms with Crippen LogP contribution in [0.25, 0.3) is 0 Å². The van der Waals surface area contributed by atoms with Crippen LogP contribution >= 0.6 is 0 Å². The van der Waals surface area contributed by atoms with Crippen molar-refractivity contribution < 1.29 is 9.90 Å². The molecule has 2 amide bonds. The first-order valence-electron chi connectivity index (χ1n) is 6.63. The number of anilines is 1. The van der Waals surface area contributed by atoms with Crippen molar-refractivity contribution in [1.82, 2.24) is 4.90 Å². The molecule has 5 heteroatoms. The predicted octanol–water partition coefficient (Wildman–Crippen LogP) is 1.38. The fourth-order valence-corrected chi connectivity index (χ4v) is 2.21. The molecule has 0 aromatic heterocycles. The quantitative estimate of drug-likeness (QED) is 0.754. The third-order valence-electron chi connectivity index (χ3n) is 3.62. The van der Waals surface area contributed by atoms with Crippen molar-refractivity contribution in [2.75, 3.05) is 18.4 Å². The van der Waals surface area contributed by atoms with E-state index in [1.807, 2.05) is 31.2 Å². The molecule has 4 N–H and O–H groups in total. The summed E-state index contributed by atoms with van der Waals surface area (Å²) in [7, 11) is 0. The Morgan fingerprint density at radius 2 is 2.37 bits per heavy atom. The number of carbonyl (C=O) groups is 1. The van der Waals surface area contributed by atoms with Gasteiger partial charge in [-0.1, -0.05) is 19.1 Å². The smallest absolute Gasteiger partial charge is 0.321 e. The van der Waals surface area contributed by atoms with Crippen molar-refractivity contribution in [2.45, 2.75) is 26.0 Å². The largest absolute Gasteiger partial charge is 0.391 e. The number of aliphatic hydroxyl groups excluding tert-OH is 1. The highest BCUT2D eigenvalue weighted by Crippen LogP contribution is 2.18. The number of urea groups is 1. The molecular weight excluding hydrogens is 242 g/mol. The molecule has 1 aromatic carbocycles. The SMILES string of the molecule is CC1CCN(C(=O)Nc2cccc(CN)c2)CC1O. The second kappa shape index (κ2) is 6.04. The third-order valence-corrected chi connectivity index (χ3v) is 3.62. The zero-order valence-electron chi connectivity index (χ0n) is 11.2. The first-order valence-corrected chi connectivity index (χ1v) is 6.63. The summed E-state index contributed by atoms with van der Waals surface area (Å²) in [5.74, 6) is 0.254. The Kier molecular flexibility index (Phi) is 4.39. The van der Waals surface area contributed by atoms with Crippen LogP contribution in [-0.4, -0.2) is 35.2 Å². The predicted molar refractivity (Wildman–Crippen MR) is 74.7 cm³/mol. The normalized spacial score (nSPS) is 23.2. The standard InChI is InChI=1S/C14H21N3O2/c1-10-5-6-17(9-13(10)18)14(19)16-12-4-2-3-11(7-12)8-15/h2-4,7,10,13,18H,5-6,8-9,15H2,1H3,(H,16,19). The number of rotatable bonds is 2. The Morgan fingerprint density at radius 3 is 3.05 bits per heavy atom. The Balaban J connectivity index is 1.97. The number of piperidine rings is 1. The van der Waals surface area contributed by atoms with Crippen LogP contribution < -0.4 is 11.1 Å². The molecule has 0 saturated carbocycles. The van der Waals surface area contributed by atoms with E-state index in [9.17, 15) is 9.90 Å². The van der Waals surface area contributed by atoms with Gasteiger partial charge in [-0.05, 0) is 30.0 Å². The van der Waals surface area contributed by atoms with E-state index in [2.05, 4.69) is 5.32 Å². The number of hydrogen-bond acceptors (Lipinski definition) is 3. The Labute approximate surface area is 113 Å². The van der Waals surface area contributed by atoms with Gasteiger partial charge >= 0.3 is 6.03 Å². The van der Waals surface area contributed by atoms with Crippen LogP contribution in [0.4, 0.5) is 10.5 Å². The highest BCUT2D eigenvalue weighted by atomic mass is 16.3. The van der Waals surface area contributed by atoms with E-state index in [1.165, 1.54) is 0 Å². The second-order valence-electron chi connectivity index (χ2n) is 5.11. The zero-order chi connectivity index (χ0) is 13.8. The van der Waals surface area contributed by atoms with Crippen molar-refractivity contribution >= 4 is 11.7 Å². The van der Waals surface area contributed by atoms with E-state index in [1.54, 1.807) is 4.90 Å². The van der Waals surface area contributed by atoms with E-state index in [0.717, 1.165) is 17.7 Å². The lowest BCUT2D eigenvalue weighted by molar-refractivity contribution is 0.0464. The Morgan fingerprint density at radius 1 is 1.58 bits per heavy atom. The van der Waals surface area contributed by atoms with Crippen LogP contribution in [0.5, 0.6) is 0 Å². The summed E-state index contributed by atoms with van der Waals surface area (Å²) in [4.78, 5) is 13.7. The number of hydrogen-bond donors (Lipinski definition) is 3. The van der Waals surface area contributed by atoms with Crippen molar-refractivity contribution in [3.63, 3.8) is 0 Å². The van der Waals surface area contributed by atoms with E-state index in [4.69, 9.17) is 5.73 Å². The molecule has 1 heterocycles. The molecule has 5 nitrogen and oxygen atoms in total. The third kappa shape index (κ3) is 3.45. The van der Waals surface area contributed by atoms with Gasteiger partial charge in [-0.25, -0.2) is 4.79 Å². The molecular formula is C14H21N3O2. The van der Waals surface area contributed by atoms with Gasteiger partial charge < -0.3 is 21.1 Å². The maximum absolute atomic E-state index is 12.1. The molecule has 0 radical (unpaired) electrons. The highest BCUT2D eigenvalue weighted by Gasteiger charge is 2.27. The van der Waals surface area contributed by atoms with E-state index >= 15 is 0 Å². The van der Waals surface area contributed by atoms with Crippen molar-refractivity contribution in [3.8, 4) is 0 Å². The zero-order valence-corrected chi connectivity index (χ0v) is 11.2. The number of carbonyl (C=O) groups excluding carboxylic acids is 1. The minimum absolute atomic E-state index is 0.167. The molecule has 104 valence electrons. The molecule has 2 atom stereocenters. The molecule has 0 aliphatic carbocycles. The van der Waals surface area contributed by atoms with Gasteiger partial charge in [0.2, 0.25) is 0 Å². The molecule has 1 saturated heterocycles. The van der Waals surface area contributed by atoms with Gasteiger partial charge in [0.05, 0.1) is 6.10 Å². The molecule has 2 rings (SSSR count). The van der Waals surface area contributed by atoms with Crippen LogP contribution in [0, 0.1) is 5.92 Å². The molecule has 1 aliphatic heterocycles. The lowest BCUT2D eigenvalue weighted by Gasteiger charge is -2.34. The van der Waals surface area contributed by atoms with Crippen LogP contribution in [0.15, 0.2) is 24.3 Å². The van der Waals surface area contributed by atoms with Crippen molar-refractivity contribution in [1.29, 1.82) is 0 Å². The lowest BCUT2D eigenvalue weighted by atomic mass is 9.96. The Bertz CT molecular complexity index is 450. The van der Waals surface area contributed by atoms with Gasteiger partial charge in [0.1, 0.15) is 0 Å². The van der Waals surface area contributed by atoms with Crippen LogP contribution in [0.3, 0.4) is 0 Å². The number of amides is 2. The molecule has 0 spiro atoms. The van der Waals surface area contributed by atoms with Gasteiger partial charge in [-0.2, -0.15) is 0 Å². The average Bonchev–Trinajstić information content (AvgIpc) is 2.42. The number of nitrogens with one attached hydrogen (secondary N) is 1. The van der Waals surface area contributed by atoms with E-state index in [-0.39, 0.29) is 11.9 Å². The van der Waals surface area contributed by atoms with Gasteiger partial charge in [-0.3, -0.25) is 0 Å². The molecule has 2 unspecified atom stereocenters. The lowest BCUT2D eigenvalue weighted by Crippen LogP contribution is -2.47. The number of nitrogens with zero attached hydrogens (tertiary/aromatic N) is 1. The molecule has 1 fully saturated rings. The summed E-state index contributed by atoms with van der Waals surface area (Å²) in [5, 5.41) is 12.6. The number of nitrogens with two attached hydrogens (primary N) is 1. The summed E-state index contributed by atoms with van der Waals surface area (Å²) in [6, 6.07) is 7.31. The summed E-state index contributed by atoms with van der Waals surface area (Å²) in [6.45, 7) is 3.53. The molecule has 19 heavy (non-hydrogen) atoms. The van der Waals surface area contributed by atoms with E-state index < -0.39 is 6.10 Å². The summed E-state index contributed by atoms with van der Waals surface area (Å²) in [5.41, 5.74) is 7.28. The van der Waals surface area contributed by atoms with Gasteiger partial charge in [-0.15, -0.1) is 0 Å². The topological polar surface area (TPSA) is 78.6 Å². The summed E-state index contributed by atoms with van der Waals surface area (Å²) >= 11 is 0. The van der Waals surface area contributed by atoms with Gasteiger partial charge in [0.15, 0.2) is 0 Å².